The fourth-order valence-corrected chi connectivity index (χ4v) is 4.83. The number of morpholine rings is 1. The fourth-order valence-electron chi connectivity index (χ4n) is 4.83. The summed E-state index contributed by atoms with van der Waals surface area (Å²) in [5.41, 5.74) is 0.849. The monoisotopic (exact) mass is 481 g/mol. The van der Waals surface area contributed by atoms with E-state index < -0.39 is 5.60 Å². The first-order valence-electron chi connectivity index (χ1n) is 12.2. The first-order chi connectivity index (χ1) is 17.1. The largest absolute Gasteiger partial charge is 0.491 e. The molecular weight excluding hydrogens is 450 g/mol. The normalized spacial score (nSPS) is 22.8. The molecule has 0 aliphatic carbocycles. The summed E-state index contributed by atoms with van der Waals surface area (Å²) in [5, 5.41) is 5.90. The van der Waals surface area contributed by atoms with Crippen molar-refractivity contribution >= 4 is 17.5 Å². The molecular formula is C26H31N3O6. The van der Waals surface area contributed by atoms with E-state index in [9.17, 15) is 9.59 Å². The van der Waals surface area contributed by atoms with Crippen LogP contribution in [0.1, 0.15) is 24.8 Å². The van der Waals surface area contributed by atoms with Gasteiger partial charge < -0.3 is 29.6 Å². The number of carbonyl (C=O) groups excluding carboxylic acids is 2. The lowest BCUT2D eigenvalue weighted by atomic mass is 9.91. The predicted molar refractivity (Wildman–Crippen MR) is 129 cm³/mol. The van der Waals surface area contributed by atoms with E-state index in [1.807, 2.05) is 23.1 Å². The molecule has 3 heterocycles. The number of fused-ring (bicyclic) bond motifs is 2. The first kappa shape index (κ1) is 23.4. The maximum atomic E-state index is 13.2. The Bertz CT molecular complexity index is 1080. The number of ether oxygens (including phenoxy) is 4. The number of carbonyl (C=O) groups is 2. The molecule has 9 heteroatoms. The molecule has 1 atom stereocenters. The van der Waals surface area contributed by atoms with Crippen LogP contribution in [0.2, 0.25) is 0 Å². The second-order valence-corrected chi connectivity index (χ2v) is 9.09. The number of amides is 2. The van der Waals surface area contributed by atoms with Gasteiger partial charge in [0.15, 0.2) is 17.1 Å². The average Bonchev–Trinajstić information content (AvgIpc) is 3.32. The van der Waals surface area contributed by atoms with Gasteiger partial charge in [-0.2, -0.15) is 0 Å². The number of rotatable bonds is 3. The number of nitrogens with zero attached hydrogens (tertiary/aromatic N) is 1. The number of para-hydroxylation sites is 1. The number of hydrogen-bond acceptors (Lipinski definition) is 7. The van der Waals surface area contributed by atoms with Crippen LogP contribution in [-0.4, -0.2) is 68.5 Å². The Hall–Kier alpha value is -3.30. The van der Waals surface area contributed by atoms with E-state index in [0.29, 0.717) is 56.5 Å². The molecule has 0 radical (unpaired) electrons. The van der Waals surface area contributed by atoms with Crippen LogP contribution < -0.4 is 24.8 Å². The molecule has 0 saturated carbocycles. The second-order valence-electron chi connectivity index (χ2n) is 9.09. The molecule has 2 aromatic rings. The summed E-state index contributed by atoms with van der Waals surface area (Å²) in [6.45, 7) is 2.48. The van der Waals surface area contributed by atoms with Gasteiger partial charge in [-0.3, -0.25) is 14.5 Å². The van der Waals surface area contributed by atoms with E-state index in [-0.39, 0.29) is 25.2 Å². The molecule has 3 aliphatic heterocycles. The Morgan fingerprint density at radius 2 is 1.91 bits per heavy atom. The van der Waals surface area contributed by atoms with Crippen molar-refractivity contribution in [3.8, 4) is 17.2 Å². The molecule has 2 aromatic carbocycles. The Balaban J connectivity index is 1.21. The van der Waals surface area contributed by atoms with Gasteiger partial charge in [-0.1, -0.05) is 18.2 Å². The van der Waals surface area contributed by atoms with Crippen molar-refractivity contribution in [2.24, 2.45) is 0 Å². The summed E-state index contributed by atoms with van der Waals surface area (Å²) in [4.78, 5) is 28.0. The summed E-state index contributed by atoms with van der Waals surface area (Å²) in [6.07, 6.45) is 3.24. The maximum absolute atomic E-state index is 13.2. The quantitative estimate of drug-likeness (QED) is 0.695. The van der Waals surface area contributed by atoms with Crippen molar-refractivity contribution in [2.45, 2.75) is 31.3 Å². The van der Waals surface area contributed by atoms with Crippen LogP contribution in [0.5, 0.6) is 17.2 Å². The van der Waals surface area contributed by atoms with Gasteiger partial charge >= 0.3 is 0 Å². The molecule has 1 spiro atoms. The van der Waals surface area contributed by atoms with E-state index in [4.69, 9.17) is 18.9 Å². The Morgan fingerprint density at radius 3 is 2.86 bits per heavy atom. The Morgan fingerprint density at radius 1 is 1.03 bits per heavy atom. The number of anilines is 1. The van der Waals surface area contributed by atoms with Crippen LogP contribution in [0, 0.1) is 0 Å². The van der Waals surface area contributed by atoms with Crippen LogP contribution in [0.25, 0.3) is 0 Å². The molecule has 5 rings (SSSR count). The Labute approximate surface area is 204 Å². The predicted octanol–water partition coefficient (Wildman–Crippen LogP) is 2.35. The van der Waals surface area contributed by atoms with E-state index in [1.54, 1.807) is 18.2 Å². The van der Waals surface area contributed by atoms with Gasteiger partial charge in [-0.25, -0.2) is 0 Å². The minimum absolute atomic E-state index is 0.143. The zero-order chi connectivity index (χ0) is 24.1. The number of nitrogens with one attached hydrogen (secondary N) is 2. The first-order valence-corrected chi connectivity index (χ1v) is 12.2. The van der Waals surface area contributed by atoms with Crippen molar-refractivity contribution < 1.29 is 28.5 Å². The zero-order valence-corrected chi connectivity index (χ0v) is 19.7. The molecule has 1 unspecified atom stereocenters. The third-order valence-electron chi connectivity index (χ3n) is 6.60. The lowest BCUT2D eigenvalue weighted by Gasteiger charge is -2.41. The lowest BCUT2D eigenvalue weighted by Crippen LogP contribution is -2.61. The second kappa shape index (κ2) is 10.5. The smallest absolute Gasteiger partial charge is 0.253 e. The third kappa shape index (κ3) is 5.52. The van der Waals surface area contributed by atoms with E-state index in [2.05, 4.69) is 16.7 Å². The Kier molecular flexibility index (Phi) is 7.06. The topological polar surface area (TPSA) is 98.4 Å². The summed E-state index contributed by atoms with van der Waals surface area (Å²) < 4.78 is 22.7. The molecule has 3 aliphatic rings. The van der Waals surface area contributed by atoms with Gasteiger partial charge in [0, 0.05) is 24.8 Å². The number of hydrogen-bond donors (Lipinski definition) is 2. The summed E-state index contributed by atoms with van der Waals surface area (Å²) in [6, 6.07) is 13.4. The molecule has 186 valence electrons. The summed E-state index contributed by atoms with van der Waals surface area (Å²) in [7, 11) is 0. The number of benzene rings is 2. The van der Waals surface area contributed by atoms with Crippen molar-refractivity contribution in [2.75, 3.05) is 51.5 Å². The molecule has 2 amide bonds. The van der Waals surface area contributed by atoms with Gasteiger partial charge in [-0.15, -0.1) is 0 Å². The van der Waals surface area contributed by atoms with Crippen LogP contribution in [0.3, 0.4) is 0 Å². The third-order valence-corrected chi connectivity index (χ3v) is 6.60. The van der Waals surface area contributed by atoms with Gasteiger partial charge in [0.25, 0.3) is 5.91 Å². The minimum atomic E-state index is -0.976. The molecule has 1 saturated heterocycles. The molecule has 2 N–H and O–H groups in total. The summed E-state index contributed by atoms with van der Waals surface area (Å²) >= 11 is 0. The zero-order valence-electron chi connectivity index (χ0n) is 19.7. The SMILES string of the molecule is O=C(CN1CCOC2(CCCCc3ccccc3OCCNC2=O)C1)Nc1ccc2c(c1)OCO2. The van der Waals surface area contributed by atoms with E-state index in [0.717, 1.165) is 25.0 Å². The minimum Gasteiger partial charge on any atom is -0.491 e. The lowest BCUT2D eigenvalue weighted by molar-refractivity contribution is -0.163. The standard InChI is InChI=1S/C26H31N3O6/c30-24(28-20-8-9-22-23(15-20)34-18-33-22)16-29-12-14-35-26(17-29)10-4-3-6-19-5-1-2-7-21(19)32-13-11-27-25(26)31/h1-2,5,7-9,15H,3-4,6,10-14,16-18H2,(H,27,31)(H,28,30). The van der Waals surface area contributed by atoms with Crippen LogP contribution in [0.4, 0.5) is 5.69 Å². The van der Waals surface area contributed by atoms with Crippen LogP contribution in [-0.2, 0) is 20.7 Å². The van der Waals surface area contributed by atoms with Crippen LogP contribution in [0.15, 0.2) is 42.5 Å². The van der Waals surface area contributed by atoms with Crippen molar-refractivity contribution in [1.29, 1.82) is 0 Å². The highest BCUT2D eigenvalue weighted by atomic mass is 16.7. The molecule has 1 fully saturated rings. The molecule has 0 bridgehead atoms. The fraction of sp³-hybridized carbons (Fsp3) is 0.462. The van der Waals surface area contributed by atoms with Gasteiger partial charge in [0.05, 0.1) is 19.7 Å². The highest BCUT2D eigenvalue weighted by Crippen LogP contribution is 2.34. The molecule has 35 heavy (non-hydrogen) atoms. The molecule has 0 aromatic heterocycles. The van der Waals surface area contributed by atoms with E-state index in [1.165, 1.54) is 5.56 Å². The maximum Gasteiger partial charge on any atom is 0.253 e. The van der Waals surface area contributed by atoms with Crippen molar-refractivity contribution in [3.05, 3.63) is 48.0 Å². The van der Waals surface area contributed by atoms with E-state index >= 15 is 0 Å². The van der Waals surface area contributed by atoms with Crippen LogP contribution >= 0.6 is 0 Å². The number of aryl methyl sites for hydroxylation is 1. The van der Waals surface area contributed by atoms with Gasteiger partial charge in [0.1, 0.15) is 12.4 Å². The van der Waals surface area contributed by atoms with Gasteiger partial charge in [-0.05, 0) is 49.4 Å². The summed E-state index contributed by atoms with van der Waals surface area (Å²) in [5.74, 6) is 1.87. The average molecular weight is 482 g/mol. The highest BCUT2D eigenvalue weighted by molar-refractivity contribution is 5.93. The van der Waals surface area contributed by atoms with Gasteiger partial charge in [0.2, 0.25) is 12.7 Å². The molecule has 9 nitrogen and oxygen atoms in total. The van der Waals surface area contributed by atoms with Crippen molar-refractivity contribution in [3.63, 3.8) is 0 Å². The van der Waals surface area contributed by atoms with Crippen molar-refractivity contribution in [1.82, 2.24) is 10.2 Å². The highest BCUT2D eigenvalue weighted by Gasteiger charge is 2.43.